The number of para-hydroxylation sites is 1. The summed E-state index contributed by atoms with van der Waals surface area (Å²) < 4.78 is 10.7. The Morgan fingerprint density at radius 1 is 1.15 bits per heavy atom. The molecule has 1 aromatic heterocycles. The number of phenolic OH excluding ortho intramolecular Hbond substituents is 1. The molecule has 0 aliphatic rings. The average molecular weight is 353 g/mol. The Balaban J connectivity index is 1.48. The van der Waals surface area contributed by atoms with Crippen molar-refractivity contribution in [2.75, 3.05) is 6.61 Å². The van der Waals surface area contributed by atoms with Gasteiger partial charge in [0.2, 0.25) is 0 Å². The number of hydrogen-bond donors (Lipinski definition) is 2. The van der Waals surface area contributed by atoms with E-state index in [1.54, 1.807) is 19.1 Å². The molecule has 1 amide bonds. The Bertz CT molecular complexity index is 880. The highest BCUT2D eigenvalue weighted by Crippen LogP contribution is 2.23. The van der Waals surface area contributed by atoms with Crippen LogP contribution < -0.4 is 5.32 Å². The standard InChI is InChI=1S/C20H19NO5/c1-13(18-11-15-4-2-3-5-17(15)26-18)21-19(23)12-25-20(24)10-14-6-8-16(22)9-7-14/h2-9,11,13,22H,10,12H2,1H3,(H,21,23)/t13-/m0/s1. The van der Waals surface area contributed by atoms with Crippen molar-refractivity contribution >= 4 is 22.8 Å². The molecule has 26 heavy (non-hydrogen) atoms. The lowest BCUT2D eigenvalue weighted by Crippen LogP contribution is -2.31. The number of phenols is 1. The van der Waals surface area contributed by atoms with E-state index < -0.39 is 11.9 Å². The number of fused-ring (bicyclic) bond motifs is 1. The number of ether oxygens (including phenoxy) is 1. The Morgan fingerprint density at radius 3 is 2.62 bits per heavy atom. The van der Waals surface area contributed by atoms with Crippen LogP contribution >= 0.6 is 0 Å². The van der Waals surface area contributed by atoms with Gasteiger partial charge >= 0.3 is 5.97 Å². The van der Waals surface area contributed by atoms with E-state index in [0.29, 0.717) is 11.3 Å². The van der Waals surface area contributed by atoms with Crippen molar-refractivity contribution in [2.45, 2.75) is 19.4 Å². The summed E-state index contributed by atoms with van der Waals surface area (Å²) in [5.41, 5.74) is 1.45. The number of rotatable bonds is 6. The van der Waals surface area contributed by atoms with Gasteiger partial charge in [0.05, 0.1) is 12.5 Å². The number of esters is 1. The number of nitrogens with one attached hydrogen (secondary N) is 1. The highest BCUT2D eigenvalue weighted by atomic mass is 16.5. The van der Waals surface area contributed by atoms with E-state index in [1.807, 2.05) is 30.3 Å². The minimum Gasteiger partial charge on any atom is -0.508 e. The van der Waals surface area contributed by atoms with E-state index in [1.165, 1.54) is 12.1 Å². The van der Waals surface area contributed by atoms with Crippen molar-refractivity contribution in [3.63, 3.8) is 0 Å². The van der Waals surface area contributed by atoms with Crippen molar-refractivity contribution in [3.8, 4) is 5.75 Å². The molecule has 0 bridgehead atoms. The Morgan fingerprint density at radius 2 is 1.88 bits per heavy atom. The van der Waals surface area contributed by atoms with Crippen LogP contribution in [0, 0.1) is 0 Å². The summed E-state index contributed by atoms with van der Waals surface area (Å²) in [6.45, 7) is 1.44. The number of carbonyl (C=O) groups is 2. The number of furan rings is 1. The molecule has 2 aromatic carbocycles. The maximum absolute atomic E-state index is 12.0. The van der Waals surface area contributed by atoms with E-state index in [4.69, 9.17) is 9.15 Å². The van der Waals surface area contributed by atoms with E-state index in [9.17, 15) is 14.7 Å². The quantitative estimate of drug-likeness (QED) is 0.665. The fourth-order valence-electron chi connectivity index (χ4n) is 2.55. The second-order valence-electron chi connectivity index (χ2n) is 5.98. The molecule has 2 N–H and O–H groups in total. The topological polar surface area (TPSA) is 88.8 Å². The highest BCUT2D eigenvalue weighted by molar-refractivity contribution is 5.82. The minimum absolute atomic E-state index is 0.0344. The molecule has 3 rings (SSSR count). The molecule has 134 valence electrons. The first-order chi connectivity index (χ1) is 12.5. The van der Waals surface area contributed by atoms with Gasteiger partial charge in [-0.3, -0.25) is 9.59 Å². The average Bonchev–Trinajstić information content (AvgIpc) is 3.06. The fraction of sp³-hybridized carbons (Fsp3) is 0.200. The predicted molar refractivity (Wildman–Crippen MR) is 95.5 cm³/mol. The van der Waals surface area contributed by atoms with Crippen LogP contribution in [0.2, 0.25) is 0 Å². The second kappa shape index (κ2) is 7.74. The molecule has 1 heterocycles. The van der Waals surface area contributed by atoms with Crippen LogP contribution in [0.4, 0.5) is 0 Å². The van der Waals surface area contributed by atoms with Crippen molar-refractivity contribution in [1.82, 2.24) is 5.32 Å². The van der Waals surface area contributed by atoms with Gasteiger partial charge in [-0.1, -0.05) is 30.3 Å². The minimum atomic E-state index is -0.512. The molecule has 0 aliphatic heterocycles. The third-order valence-corrected chi connectivity index (χ3v) is 3.90. The number of hydrogen-bond acceptors (Lipinski definition) is 5. The van der Waals surface area contributed by atoms with Crippen molar-refractivity contribution in [3.05, 3.63) is 65.9 Å². The molecule has 1 atom stereocenters. The van der Waals surface area contributed by atoms with Crippen LogP contribution in [-0.2, 0) is 20.7 Å². The lowest BCUT2D eigenvalue weighted by atomic mass is 10.1. The Labute approximate surface area is 150 Å². The van der Waals surface area contributed by atoms with E-state index in [2.05, 4.69) is 5.32 Å². The van der Waals surface area contributed by atoms with Crippen molar-refractivity contribution in [1.29, 1.82) is 0 Å². The van der Waals surface area contributed by atoms with Gasteiger partial charge in [-0.25, -0.2) is 0 Å². The molecule has 0 fully saturated rings. The smallest absolute Gasteiger partial charge is 0.310 e. The number of aromatic hydroxyl groups is 1. The molecule has 3 aromatic rings. The number of carbonyl (C=O) groups excluding carboxylic acids is 2. The van der Waals surface area contributed by atoms with Crippen molar-refractivity contribution in [2.24, 2.45) is 0 Å². The summed E-state index contributed by atoms with van der Waals surface area (Å²) in [5.74, 6) is -0.157. The number of benzene rings is 2. The molecule has 0 saturated carbocycles. The maximum Gasteiger partial charge on any atom is 0.310 e. The summed E-state index contributed by atoms with van der Waals surface area (Å²) in [4.78, 5) is 23.8. The summed E-state index contributed by atoms with van der Waals surface area (Å²) in [6, 6.07) is 15.4. The summed E-state index contributed by atoms with van der Waals surface area (Å²) in [6.07, 6.45) is 0.0344. The van der Waals surface area contributed by atoms with Crippen LogP contribution in [0.1, 0.15) is 24.3 Å². The lowest BCUT2D eigenvalue weighted by Gasteiger charge is -2.11. The molecular weight excluding hydrogens is 334 g/mol. The Hall–Kier alpha value is -3.28. The lowest BCUT2D eigenvalue weighted by molar-refractivity contribution is -0.148. The normalized spacial score (nSPS) is 11.9. The molecule has 0 radical (unpaired) electrons. The predicted octanol–water partition coefficient (Wildman–Crippen LogP) is 3.10. The fourth-order valence-corrected chi connectivity index (χ4v) is 2.55. The van der Waals surface area contributed by atoms with Gasteiger partial charge in [-0.05, 0) is 36.8 Å². The van der Waals surface area contributed by atoms with E-state index >= 15 is 0 Å². The largest absolute Gasteiger partial charge is 0.508 e. The molecule has 0 spiro atoms. The van der Waals surface area contributed by atoms with Crippen LogP contribution in [0.5, 0.6) is 5.75 Å². The summed E-state index contributed by atoms with van der Waals surface area (Å²) in [5, 5.41) is 12.9. The third-order valence-electron chi connectivity index (χ3n) is 3.90. The Kier molecular flexibility index (Phi) is 5.22. The molecule has 0 saturated heterocycles. The van der Waals surface area contributed by atoms with Gasteiger partial charge in [0.1, 0.15) is 17.1 Å². The zero-order valence-electron chi connectivity index (χ0n) is 14.3. The van der Waals surface area contributed by atoms with Gasteiger partial charge in [-0.2, -0.15) is 0 Å². The van der Waals surface area contributed by atoms with Gasteiger partial charge in [0, 0.05) is 5.39 Å². The molecule has 6 heteroatoms. The van der Waals surface area contributed by atoms with Crippen LogP contribution in [0.25, 0.3) is 11.0 Å². The SMILES string of the molecule is C[C@H](NC(=O)COC(=O)Cc1ccc(O)cc1)c1cc2ccccc2o1. The van der Waals surface area contributed by atoms with Gasteiger partial charge < -0.3 is 19.6 Å². The zero-order valence-corrected chi connectivity index (χ0v) is 14.3. The molecule has 6 nitrogen and oxygen atoms in total. The molecule has 0 unspecified atom stereocenters. The molecule has 0 aliphatic carbocycles. The summed E-state index contributed by atoms with van der Waals surface area (Å²) >= 11 is 0. The maximum atomic E-state index is 12.0. The number of amides is 1. The monoisotopic (exact) mass is 353 g/mol. The van der Waals surface area contributed by atoms with Gasteiger partial charge in [-0.15, -0.1) is 0 Å². The zero-order chi connectivity index (χ0) is 18.5. The van der Waals surface area contributed by atoms with Crippen LogP contribution in [0.15, 0.2) is 59.0 Å². The highest BCUT2D eigenvalue weighted by Gasteiger charge is 2.15. The van der Waals surface area contributed by atoms with E-state index in [-0.39, 0.29) is 24.8 Å². The first-order valence-electron chi connectivity index (χ1n) is 8.22. The second-order valence-corrected chi connectivity index (χ2v) is 5.98. The van der Waals surface area contributed by atoms with Gasteiger partial charge in [0.15, 0.2) is 6.61 Å². The first kappa shape index (κ1) is 17.5. The van der Waals surface area contributed by atoms with Gasteiger partial charge in [0.25, 0.3) is 5.91 Å². The summed E-state index contributed by atoms with van der Waals surface area (Å²) in [7, 11) is 0. The van der Waals surface area contributed by atoms with Crippen molar-refractivity contribution < 1.29 is 23.8 Å². The van der Waals surface area contributed by atoms with E-state index in [0.717, 1.165) is 11.0 Å². The molecular formula is C20H19NO5. The van der Waals surface area contributed by atoms with Crippen LogP contribution in [0.3, 0.4) is 0 Å². The van der Waals surface area contributed by atoms with Crippen LogP contribution in [-0.4, -0.2) is 23.6 Å². The third kappa shape index (κ3) is 4.42. The first-order valence-corrected chi connectivity index (χ1v) is 8.22.